The van der Waals surface area contributed by atoms with Crippen LogP contribution in [0.1, 0.15) is 19.5 Å². The first-order chi connectivity index (χ1) is 6.50. The van der Waals surface area contributed by atoms with Gasteiger partial charge < -0.3 is 5.73 Å². The van der Waals surface area contributed by atoms with E-state index in [2.05, 4.69) is 15.0 Å². The van der Waals surface area contributed by atoms with Gasteiger partial charge in [0.05, 0.1) is 6.21 Å². The van der Waals surface area contributed by atoms with Crippen molar-refractivity contribution in [3.05, 3.63) is 16.0 Å². The summed E-state index contributed by atoms with van der Waals surface area (Å²) in [5, 5.41) is 0.233. The Kier molecular flexibility index (Phi) is 3.66. The fourth-order valence-corrected chi connectivity index (χ4v) is 1.000. The third-order valence-electron chi connectivity index (χ3n) is 1.36. The molecule has 1 rings (SSSR count). The first-order valence-electron chi connectivity index (χ1n) is 4.02. The number of halogens is 2. The lowest BCUT2D eigenvalue weighted by Crippen LogP contribution is -2.02. The Morgan fingerprint density at radius 2 is 1.86 bits per heavy atom. The van der Waals surface area contributed by atoms with Gasteiger partial charge in [-0.25, -0.2) is 9.97 Å². The van der Waals surface area contributed by atoms with Gasteiger partial charge in [0.2, 0.25) is 0 Å². The molecule has 0 spiro atoms. The van der Waals surface area contributed by atoms with Gasteiger partial charge in [-0.15, -0.1) is 0 Å². The molecular formula is C8H10Cl2N4. The van der Waals surface area contributed by atoms with Gasteiger partial charge in [-0.05, 0) is 13.8 Å². The molecule has 0 saturated carbocycles. The van der Waals surface area contributed by atoms with Crippen molar-refractivity contribution in [2.45, 2.75) is 19.9 Å². The van der Waals surface area contributed by atoms with E-state index in [0.29, 0.717) is 5.69 Å². The number of nitrogens with zero attached hydrogens (tertiary/aromatic N) is 3. The Labute approximate surface area is 92.2 Å². The maximum Gasteiger partial charge on any atom is 0.168 e. The van der Waals surface area contributed by atoms with E-state index in [1.807, 2.05) is 13.8 Å². The van der Waals surface area contributed by atoms with Crippen LogP contribution in [0.3, 0.4) is 0 Å². The molecule has 1 heterocycles. The molecule has 0 aliphatic rings. The van der Waals surface area contributed by atoms with Gasteiger partial charge in [0.1, 0.15) is 5.69 Å². The second-order valence-corrected chi connectivity index (χ2v) is 3.66. The lowest BCUT2D eigenvalue weighted by atomic mass is 10.4. The summed E-state index contributed by atoms with van der Waals surface area (Å²) in [4.78, 5) is 11.9. The Hall–Kier alpha value is -0.870. The molecule has 0 saturated heterocycles. The van der Waals surface area contributed by atoms with Crippen molar-refractivity contribution in [3.8, 4) is 0 Å². The second kappa shape index (κ2) is 4.57. The molecule has 0 unspecified atom stereocenters. The normalized spacial score (nSPS) is 11.5. The predicted molar refractivity (Wildman–Crippen MR) is 59.2 cm³/mol. The average Bonchev–Trinajstić information content (AvgIpc) is 2.09. The minimum atomic E-state index is 0.103. The molecule has 0 atom stereocenters. The fourth-order valence-electron chi connectivity index (χ4n) is 0.733. The molecule has 4 nitrogen and oxygen atoms in total. The van der Waals surface area contributed by atoms with Crippen LogP contribution in [0.15, 0.2) is 4.99 Å². The van der Waals surface area contributed by atoms with Crippen molar-refractivity contribution in [1.82, 2.24) is 9.97 Å². The Balaban J connectivity index is 3.04. The summed E-state index contributed by atoms with van der Waals surface area (Å²) in [6.45, 7) is 3.88. The highest BCUT2D eigenvalue weighted by molar-refractivity contribution is 6.40. The van der Waals surface area contributed by atoms with Gasteiger partial charge >= 0.3 is 0 Å². The third-order valence-corrected chi connectivity index (χ3v) is 1.99. The number of nitrogen functional groups attached to an aromatic ring is 1. The number of hydrogen-bond donors (Lipinski definition) is 1. The molecule has 14 heavy (non-hydrogen) atoms. The molecule has 76 valence electrons. The van der Waals surface area contributed by atoms with Crippen LogP contribution < -0.4 is 5.73 Å². The highest BCUT2D eigenvalue weighted by atomic mass is 35.5. The van der Waals surface area contributed by atoms with E-state index in [4.69, 9.17) is 28.9 Å². The summed E-state index contributed by atoms with van der Waals surface area (Å²) in [5.74, 6) is 0.226. The zero-order valence-corrected chi connectivity index (χ0v) is 9.34. The van der Waals surface area contributed by atoms with E-state index in [9.17, 15) is 0 Å². The highest BCUT2D eigenvalue weighted by Gasteiger charge is 2.06. The summed E-state index contributed by atoms with van der Waals surface area (Å²) < 4.78 is 0. The van der Waals surface area contributed by atoms with Crippen molar-refractivity contribution in [3.63, 3.8) is 0 Å². The van der Waals surface area contributed by atoms with E-state index in [-0.39, 0.29) is 22.2 Å². The van der Waals surface area contributed by atoms with Gasteiger partial charge in [-0.3, -0.25) is 4.99 Å². The summed E-state index contributed by atoms with van der Waals surface area (Å²) in [6, 6.07) is 0.172. The molecule has 0 aliphatic carbocycles. The van der Waals surface area contributed by atoms with Crippen molar-refractivity contribution < 1.29 is 0 Å². The second-order valence-electron chi connectivity index (χ2n) is 2.95. The highest BCUT2D eigenvalue weighted by Crippen LogP contribution is 2.19. The minimum absolute atomic E-state index is 0.103. The first-order valence-corrected chi connectivity index (χ1v) is 4.78. The zero-order valence-electron chi connectivity index (χ0n) is 7.83. The van der Waals surface area contributed by atoms with Crippen LogP contribution in [-0.2, 0) is 0 Å². The SMILES string of the molecule is CC(C)/N=C/c1nc(Cl)c(Cl)nc1N. The van der Waals surface area contributed by atoms with Crippen LogP contribution in [0.4, 0.5) is 5.82 Å². The van der Waals surface area contributed by atoms with Gasteiger partial charge in [0.25, 0.3) is 0 Å². The molecule has 0 amide bonds. The van der Waals surface area contributed by atoms with Crippen LogP contribution in [0.5, 0.6) is 0 Å². The predicted octanol–water partition coefficient (Wildman–Crippen LogP) is 2.19. The molecule has 0 fully saturated rings. The maximum absolute atomic E-state index is 5.68. The number of rotatable bonds is 2. The molecule has 2 N–H and O–H groups in total. The van der Waals surface area contributed by atoms with E-state index >= 15 is 0 Å². The van der Waals surface area contributed by atoms with E-state index in [1.54, 1.807) is 0 Å². The van der Waals surface area contributed by atoms with Crippen LogP contribution in [0.25, 0.3) is 0 Å². The Morgan fingerprint density at radius 3 is 2.43 bits per heavy atom. The summed E-state index contributed by atoms with van der Waals surface area (Å²) in [6.07, 6.45) is 1.54. The van der Waals surface area contributed by atoms with Gasteiger partial charge in [-0.2, -0.15) is 0 Å². The molecule has 0 aliphatic heterocycles. The molecule has 0 aromatic carbocycles. The fraction of sp³-hybridized carbons (Fsp3) is 0.375. The summed E-state index contributed by atoms with van der Waals surface area (Å²) >= 11 is 11.3. The zero-order chi connectivity index (χ0) is 10.7. The standard InChI is InChI=1S/C8H10Cl2N4/c1-4(2)12-3-5-8(11)14-7(10)6(9)13-5/h3-4H,1-2H3,(H2,11,14)/b12-3+. The van der Waals surface area contributed by atoms with Crippen molar-refractivity contribution in [1.29, 1.82) is 0 Å². The largest absolute Gasteiger partial charge is 0.382 e. The van der Waals surface area contributed by atoms with E-state index in [1.165, 1.54) is 6.21 Å². The third kappa shape index (κ3) is 2.82. The summed E-state index contributed by atoms with van der Waals surface area (Å²) in [7, 11) is 0. The minimum Gasteiger partial charge on any atom is -0.382 e. The number of aliphatic imine (C=N–C) groups is 1. The molecular weight excluding hydrogens is 223 g/mol. The molecule has 1 aromatic heterocycles. The van der Waals surface area contributed by atoms with E-state index < -0.39 is 0 Å². The number of anilines is 1. The van der Waals surface area contributed by atoms with Crippen molar-refractivity contribution >= 4 is 35.2 Å². The average molecular weight is 233 g/mol. The summed E-state index contributed by atoms with van der Waals surface area (Å²) in [5.41, 5.74) is 6.01. The number of hydrogen-bond acceptors (Lipinski definition) is 4. The Morgan fingerprint density at radius 1 is 1.29 bits per heavy atom. The molecule has 0 radical (unpaired) electrons. The number of nitrogens with two attached hydrogens (primary N) is 1. The molecule has 1 aromatic rings. The smallest absolute Gasteiger partial charge is 0.168 e. The molecule has 6 heteroatoms. The monoisotopic (exact) mass is 232 g/mol. The Bertz CT molecular complexity index is 363. The van der Waals surface area contributed by atoms with Crippen LogP contribution in [0.2, 0.25) is 10.3 Å². The number of aromatic nitrogens is 2. The lowest BCUT2D eigenvalue weighted by molar-refractivity contribution is 0.840. The van der Waals surface area contributed by atoms with Crippen molar-refractivity contribution in [2.24, 2.45) is 4.99 Å². The first kappa shape index (κ1) is 11.2. The topological polar surface area (TPSA) is 64.2 Å². The van der Waals surface area contributed by atoms with Crippen molar-refractivity contribution in [2.75, 3.05) is 5.73 Å². The lowest BCUT2D eigenvalue weighted by Gasteiger charge is -2.01. The van der Waals surface area contributed by atoms with Gasteiger partial charge in [-0.1, -0.05) is 23.2 Å². The maximum atomic E-state index is 5.68. The quantitative estimate of drug-likeness (QED) is 0.796. The van der Waals surface area contributed by atoms with Gasteiger partial charge in [0.15, 0.2) is 16.1 Å². The molecule has 0 bridgehead atoms. The van der Waals surface area contributed by atoms with E-state index in [0.717, 1.165) is 0 Å². The van der Waals surface area contributed by atoms with Crippen LogP contribution in [-0.4, -0.2) is 22.2 Å². The van der Waals surface area contributed by atoms with Crippen LogP contribution >= 0.6 is 23.2 Å². The van der Waals surface area contributed by atoms with Crippen LogP contribution in [0, 0.1) is 0 Å². The van der Waals surface area contributed by atoms with Gasteiger partial charge in [0, 0.05) is 6.04 Å².